The number of methoxy groups -OCH3 is 1. The van der Waals surface area contributed by atoms with Gasteiger partial charge in [0.15, 0.2) is 0 Å². The first-order chi connectivity index (χ1) is 16.0. The highest BCUT2D eigenvalue weighted by molar-refractivity contribution is 9.10. The lowest BCUT2D eigenvalue weighted by atomic mass is 9.98. The molecular formula is C25H21BrFNO5. The molecule has 3 aromatic rings. The molecule has 8 heteroatoms. The zero-order valence-corrected chi connectivity index (χ0v) is 19.4. The summed E-state index contributed by atoms with van der Waals surface area (Å²) in [6.45, 7) is 0.417. The van der Waals surface area contributed by atoms with E-state index in [9.17, 15) is 9.18 Å². The van der Waals surface area contributed by atoms with Crippen molar-refractivity contribution in [1.29, 1.82) is 0 Å². The van der Waals surface area contributed by atoms with Crippen LogP contribution in [0.5, 0.6) is 23.0 Å². The highest BCUT2D eigenvalue weighted by Gasteiger charge is 2.32. The number of carbonyl (C=O) groups is 1. The summed E-state index contributed by atoms with van der Waals surface area (Å²) in [5.74, 6) is 1.87. The molecule has 0 fully saturated rings. The van der Waals surface area contributed by atoms with Crippen molar-refractivity contribution in [3.05, 3.63) is 75.8 Å². The second-order valence-electron chi connectivity index (χ2n) is 7.99. The van der Waals surface area contributed by atoms with E-state index < -0.39 is 6.10 Å². The standard InChI is InChI=1S/C25H21BrFNO5/c1-30-24(29)10-14-13-31-22-11-15(2-3-17(14)22)33-21-6-4-18-20(7-5-19(27)25(18)21)32-16-8-9-28-23(26)12-16/h2-3,5,7-9,11-12,14,21H,4,6,10,13H2,1H3/t14-,21-/m1/s1. The van der Waals surface area contributed by atoms with E-state index in [1.165, 1.54) is 13.2 Å². The number of rotatable bonds is 6. The van der Waals surface area contributed by atoms with Gasteiger partial charge in [-0.1, -0.05) is 6.07 Å². The van der Waals surface area contributed by atoms with Crippen molar-refractivity contribution in [2.45, 2.75) is 31.3 Å². The minimum atomic E-state index is -0.432. The van der Waals surface area contributed by atoms with Crippen molar-refractivity contribution in [3.8, 4) is 23.0 Å². The Bertz CT molecular complexity index is 1220. The minimum absolute atomic E-state index is 0.0425. The predicted octanol–water partition coefficient (Wildman–Crippen LogP) is 5.88. The topological polar surface area (TPSA) is 66.9 Å². The van der Waals surface area contributed by atoms with Crippen molar-refractivity contribution in [3.63, 3.8) is 0 Å². The zero-order chi connectivity index (χ0) is 22.9. The molecule has 2 heterocycles. The molecule has 5 rings (SSSR count). The Morgan fingerprint density at radius 3 is 2.91 bits per heavy atom. The van der Waals surface area contributed by atoms with Crippen molar-refractivity contribution < 1.29 is 28.1 Å². The van der Waals surface area contributed by atoms with E-state index >= 15 is 0 Å². The Hall–Kier alpha value is -3.13. The lowest BCUT2D eigenvalue weighted by Gasteiger charge is -2.17. The van der Waals surface area contributed by atoms with Gasteiger partial charge in [-0.3, -0.25) is 4.79 Å². The maximum absolute atomic E-state index is 14.8. The van der Waals surface area contributed by atoms with Crippen LogP contribution in [-0.4, -0.2) is 24.7 Å². The summed E-state index contributed by atoms with van der Waals surface area (Å²) in [5, 5.41) is 0. The summed E-state index contributed by atoms with van der Waals surface area (Å²) >= 11 is 3.33. The lowest BCUT2D eigenvalue weighted by Crippen LogP contribution is -2.09. The maximum atomic E-state index is 14.8. The fraction of sp³-hybridized carbons (Fsp3) is 0.280. The van der Waals surface area contributed by atoms with Crippen molar-refractivity contribution >= 4 is 21.9 Å². The van der Waals surface area contributed by atoms with Crippen LogP contribution in [0.25, 0.3) is 0 Å². The minimum Gasteiger partial charge on any atom is -0.492 e. The van der Waals surface area contributed by atoms with E-state index in [4.69, 9.17) is 18.9 Å². The highest BCUT2D eigenvalue weighted by Crippen LogP contribution is 2.44. The molecule has 2 atom stereocenters. The summed E-state index contributed by atoms with van der Waals surface area (Å²) in [6.07, 6.45) is 2.75. The second kappa shape index (κ2) is 9.02. The van der Waals surface area contributed by atoms with Crippen LogP contribution in [0.4, 0.5) is 4.39 Å². The van der Waals surface area contributed by atoms with E-state index in [0.29, 0.717) is 52.6 Å². The first-order valence-electron chi connectivity index (χ1n) is 10.6. The van der Waals surface area contributed by atoms with E-state index in [2.05, 4.69) is 20.9 Å². The summed E-state index contributed by atoms with van der Waals surface area (Å²) in [6, 6.07) is 12.1. The number of hydrogen-bond acceptors (Lipinski definition) is 6. The van der Waals surface area contributed by atoms with Gasteiger partial charge in [0.05, 0.1) is 20.1 Å². The first kappa shape index (κ1) is 21.7. The van der Waals surface area contributed by atoms with Crippen LogP contribution in [0.3, 0.4) is 0 Å². The van der Waals surface area contributed by atoms with E-state index in [1.807, 2.05) is 12.1 Å². The Labute approximate surface area is 198 Å². The lowest BCUT2D eigenvalue weighted by molar-refractivity contribution is -0.141. The van der Waals surface area contributed by atoms with Gasteiger partial charge in [-0.15, -0.1) is 0 Å². The molecule has 0 N–H and O–H groups in total. The van der Waals surface area contributed by atoms with Crippen molar-refractivity contribution in [2.24, 2.45) is 0 Å². The smallest absolute Gasteiger partial charge is 0.306 e. The van der Waals surface area contributed by atoms with E-state index in [-0.39, 0.29) is 24.1 Å². The molecule has 1 aliphatic heterocycles. The fourth-order valence-corrected chi connectivity index (χ4v) is 4.72. The number of fused-ring (bicyclic) bond motifs is 2. The molecule has 0 radical (unpaired) electrons. The average Bonchev–Trinajstić information content (AvgIpc) is 3.40. The molecule has 0 bridgehead atoms. The number of carbonyl (C=O) groups excluding carboxylic acids is 1. The van der Waals surface area contributed by atoms with Crippen molar-refractivity contribution in [1.82, 2.24) is 4.98 Å². The quantitative estimate of drug-likeness (QED) is 0.302. The largest absolute Gasteiger partial charge is 0.492 e. The maximum Gasteiger partial charge on any atom is 0.306 e. The molecule has 33 heavy (non-hydrogen) atoms. The third-order valence-electron chi connectivity index (χ3n) is 5.95. The molecule has 2 aromatic carbocycles. The highest BCUT2D eigenvalue weighted by atomic mass is 79.9. The number of ether oxygens (including phenoxy) is 4. The van der Waals surface area contributed by atoms with Crippen LogP contribution in [0.1, 0.15) is 41.6 Å². The predicted molar refractivity (Wildman–Crippen MR) is 121 cm³/mol. The Morgan fingerprint density at radius 1 is 1.21 bits per heavy atom. The number of halogens is 2. The number of hydrogen-bond donors (Lipinski definition) is 0. The molecule has 1 aliphatic carbocycles. The molecule has 0 saturated carbocycles. The Balaban J connectivity index is 1.36. The van der Waals surface area contributed by atoms with Crippen LogP contribution in [0.2, 0.25) is 0 Å². The van der Waals surface area contributed by atoms with Gasteiger partial charge < -0.3 is 18.9 Å². The van der Waals surface area contributed by atoms with Crippen LogP contribution in [0, 0.1) is 5.82 Å². The van der Waals surface area contributed by atoms with Gasteiger partial charge in [-0.2, -0.15) is 0 Å². The second-order valence-corrected chi connectivity index (χ2v) is 8.80. The monoisotopic (exact) mass is 513 g/mol. The number of esters is 1. The third kappa shape index (κ3) is 4.39. The molecule has 170 valence electrons. The number of aromatic nitrogens is 1. The molecular weight excluding hydrogens is 493 g/mol. The Kier molecular flexibility index (Phi) is 5.93. The summed E-state index contributed by atoms with van der Waals surface area (Å²) in [7, 11) is 1.38. The van der Waals surface area contributed by atoms with Crippen LogP contribution >= 0.6 is 15.9 Å². The van der Waals surface area contributed by atoms with Gasteiger partial charge in [0.2, 0.25) is 0 Å². The normalized spacial score (nSPS) is 18.3. The molecule has 0 spiro atoms. The molecule has 2 aliphatic rings. The summed E-state index contributed by atoms with van der Waals surface area (Å²) < 4.78 is 38.2. The van der Waals surface area contributed by atoms with Gasteiger partial charge in [0, 0.05) is 40.9 Å². The fourth-order valence-electron chi connectivity index (χ4n) is 4.38. The van der Waals surface area contributed by atoms with Gasteiger partial charge in [-0.05, 0) is 53.0 Å². The summed E-state index contributed by atoms with van der Waals surface area (Å²) in [5.41, 5.74) is 2.28. The molecule has 0 amide bonds. The van der Waals surface area contributed by atoms with Gasteiger partial charge in [-0.25, -0.2) is 9.37 Å². The Morgan fingerprint density at radius 2 is 2.09 bits per heavy atom. The molecule has 0 saturated heterocycles. The van der Waals surface area contributed by atoms with Crippen LogP contribution in [-0.2, 0) is 16.0 Å². The zero-order valence-electron chi connectivity index (χ0n) is 17.8. The number of nitrogens with zero attached hydrogens (tertiary/aromatic N) is 1. The van der Waals surface area contributed by atoms with E-state index in [0.717, 1.165) is 11.1 Å². The van der Waals surface area contributed by atoms with Crippen molar-refractivity contribution in [2.75, 3.05) is 13.7 Å². The van der Waals surface area contributed by atoms with Crippen LogP contribution in [0.15, 0.2) is 53.3 Å². The third-order valence-corrected chi connectivity index (χ3v) is 6.38. The number of pyridine rings is 1. The van der Waals surface area contributed by atoms with Gasteiger partial charge in [0.1, 0.15) is 39.5 Å². The molecule has 0 unspecified atom stereocenters. The molecule has 6 nitrogen and oxygen atoms in total. The molecule has 1 aromatic heterocycles. The van der Waals surface area contributed by atoms with Gasteiger partial charge in [0.25, 0.3) is 0 Å². The number of benzene rings is 2. The SMILES string of the molecule is COC(=O)C[C@@H]1COc2cc(O[C@@H]3CCc4c(Oc5ccnc(Br)c5)ccc(F)c43)ccc21. The van der Waals surface area contributed by atoms with Crippen LogP contribution < -0.4 is 14.2 Å². The average molecular weight is 514 g/mol. The van der Waals surface area contributed by atoms with Gasteiger partial charge >= 0.3 is 5.97 Å². The summed E-state index contributed by atoms with van der Waals surface area (Å²) in [4.78, 5) is 15.7. The van der Waals surface area contributed by atoms with E-state index in [1.54, 1.807) is 30.5 Å². The first-order valence-corrected chi connectivity index (χ1v) is 11.4.